The van der Waals surface area contributed by atoms with Gasteiger partial charge in [0.15, 0.2) is 5.96 Å². The molecule has 1 saturated heterocycles. The monoisotopic (exact) mass is 480 g/mol. The third-order valence-corrected chi connectivity index (χ3v) is 6.02. The van der Waals surface area contributed by atoms with E-state index in [-0.39, 0.29) is 30.5 Å². The van der Waals surface area contributed by atoms with Gasteiger partial charge in [0.25, 0.3) is 0 Å². The summed E-state index contributed by atoms with van der Waals surface area (Å²) in [7, 11) is -3.46. The largest absolute Gasteiger partial charge is 0.370 e. The summed E-state index contributed by atoms with van der Waals surface area (Å²) in [5.74, 6) is 0.805. The molecule has 1 aromatic rings. The van der Waals surface area contributed by atoms with E-state index in [0.717, 1.165) is 25.8 Å². The Morgan fingerprint density at radius 3 is 2.52 bits per heavy atom. The van der Waals surface area contributed by atoms with Crippen LogP contribution in [0, 0.1) is 5.92 Å². The number of hydrogen-bond donors (Lipinski definition) is 2. The van der Waals surface area contributed by atoms with Crippen molar-refractivity contribution in [1.82, 2.24) is 9.62 Å². The third-order valence-electron chi connectivity index (χ3n) is 4.02. The fraction of sp³-hybridized carbons (Fsp3) is 0.588. The maximum Gasteiger partial charge on any atom is 0.243 e. The predicted molar refractivity (Wildman–Crippen MR) is 113 cm³/mol. The third kappa shape index (κ3) is 6.41. The minimum Gasteiger partial charge on any atom is -0.370 e. The molecule has 0 spiro atoms. The van der Waals surface area contributed by atoms with Gasteiger partial charge < -0.3 is 11.1 Å². The van der Waals surface area contributed by atoms with E-state index in [1.165, 1.54) is 0 Å². The molecule has 0 atom stereocenters. The van der Waals surface area contributed by atoms with Crippen LogP contribution in [0.15, 0.2) is 34.2 Å². The van der Waals surface area contributed by atoms with Crippen molar-refractivity contribution in [2.24, 2.45) is 16.6 Å². The van der Waals surface area contributed by atoms with Crippen LogP contribution < -0.4 is 11.1 Å². The highest BCUT2D eigenvalue weighted by Crippen LogP contribution is 2.24. The molecule has 142 valence electrons. The van der Waals surface area contributed by atoms with Crippen molar-refractivity contribution in [2.45, 2.75) is 44.6 Å². The first-order valence-electron chi connectivity index (χ1n) is 8.53. The Labute approximate surface area is 168 Å². The summed E-state index contributed by atoms with van der Waals surface area (Å²) in [4.78, 5) is 4.63. The number of nitrogens with zero attached hydrogens (tertiary/aromatic N) is 2. The number of sulfonamides is 1. The molecule has 1 aliphatic heterocycles. The second-order valence-corrected chi connectivity index (χ2v) is 8.46. The maximum atomic E-state index is 12.9. The highest BCUT2D eigenvalue weighted by atomic mass is 127. The number of aliphatic imine (C=N–C) groups is 1. The van der Waals surface area contributed by atoms with Gasteiger partial charge in [-0.15, -0.1) is 24.0 Å². The van der Waals surface area contributed by atoms with Crippen LogP contribution >= 0.6 is 24.0 Å². The van der Waals surface area contributed by atoms with E-state index in [4.69, 9.17) is 5.73 Å². The van der Waals surface area contributed by atoms with Gasteiger partial charge in [0.2, 0.25) is 10.0 Å². The Hall–Kier alpha value is -0.870. The topological polar surface area (TPSA) is 87.8 Å². The normalized spacial score (nSPS) is 16.5. The molecule has 0 aromatic heterocycles. The Morgan fingerprint density at radius 1 is 1.24 bits per heavy atom. The second-order valence-electron chi connectivity index (χ2n) is 6.55. The van der Waals surface area contributed by atoms with Crippen LogP contribution in [0.2, 0.25) is 0 Å². The first-order valence-corrected chi connectivity index (χ1v) is 9.97. The van der Waals surface area contributed by atoms with Crippen molar-refractivity contribution in [2.75, 3.05) is 19.6 Å². The van der Waals surface area contributed by atoms with Gasteiger partial charge in [0, 0.05) is 19.6 Å². The summed E-state index contributed by atoms with van der Waals surface area (Å²) in [5.41, 5.74) is 6.53. The van der Waals surface area contributed by atoms with Crippen molar-refractivity contribution < 1.29 is 8.42 Å². The van der Waals surface area contributed by atoms with Crippen LogP contribution in [0.5, 0.6) is 0 Å². The number of rotatable bonds is 6. The molecule has 0 radical (unpaired) electrons. The minimum atomic E-state index is -3.46. The van der Waals surface area contributed by atoms with E-state index in [0.29, 0.717) is 35.4 Å². The van der Waals surface area contributed by atoms with Gasteiger partial charge in [-0.3, -0.25) is 0 Å². The summed E-state index contributed by atoms with van der Waals surface area (Å²) in [5, 5.41) is 3.04. The first-order chi connectivity index (χ1) is 11.4. The van der Waals surface area contributed by atoms with Crippen molar-refractivity contribution in [1.29, 1.82) is 0 Å². The molecule has 6 nitrogen and oxygen atoms in total. The zero-order valence-electron chi connectivity index (χ0n) is 14.9. The van der Waals surface area contributed by atoms with Crippen LogP contribution in [0.4, 0.5) is 0 Å². The molecular formula is C17H29IN4O2S. The molecule has 0 aliphatic carbocycles. The molecule has 1 aromatic carbocycles. The molecule has 0 unspecified atom stereocenters. The van der Waals surface area contributed by atoms with Crippen molar-refractivity contribution in [3.8, 4) is 0 Å². The van der Waals surface area contributed by atoms with Crippen LogP contribution in [0.1, 0.15) is 38.7 Å². The predicted octanol–water partition coefficient (Wildman–Crippen LogP) is 2.54. The Bertz CT molecular complexity index is 671. The smallest absolute Gasteiger partial charge is 0.243 e. The van der Waals surface area contributed by atoms with Crippen LogP contribution in [-0.2, 0) is 16.6 Å². The number of benzene rings is 1. The molecule has 0 saturated carbocycles. The van der Waals surface area contributed by atoms with E-state index < -0.39 is 10.0 Å². The second kappa shape index (κ2) is 10.3. The molecular weight excluding hydrogens is 451 g/mol. The van der Waals surface area contributed by atoms with Gasteiger partial charge in [0.05, 0.1) is 11.4 Å². The molecule has 25 heavy (non-hydrogen) atoms. The molecule has 1 heterocycles. The molecule has 0 amide bonds. The highest BCUT2D eigenvalue weighted by Gasteiger charge is 2.27. The molecule has 8 heteroatoms. The van der Waals surface area contributed by atoms with Gasteiger partial charge in [-0.25, -0.2) is 13.4 Å². The molecule has 1 aliphatic rings. The molecule has 3 N–H and O–H groups in total. The number of guanidine groups is 1. The lowest BCUT2D eigenvalue weighted by Gasteiger charge is -2.26. The van der Waals surface area contributed by atoms with E-state index >= 15 is 0 Å². The Kier molecular flexibility index (Phi) is 9.15. The zero-order chi connectivity index (χ0) is 17.6. The summed E-state index contributed by atoms with van der Waals surface area (Å²) in [6.45, 7) is 6.35. The van der Waals surface area contributed by atoms with Crippen LogP contribution in [0.3, 0.4) is 0 Å². The summed E-state index contributed by atoms with van der Waals surface area (Å²) >= 11 is 0. The summed E-state index contributed by atoms with van der Waals surface area (Å²) < 4.78 is 27.4. The van der Waals surface area contributed by atoms with E-state index in [1.54, 1.807) is 22.5 Å². The Morgan fingerprint density at radius 2 is 1.88 bits per heavy atom. The lowest BCUT2D eigenvalue weighted by atomic mass is 10.2. The molecule has 2 rings (SSSR count). The van der Waals surface area contributed by atoms with E-state index in [9.17, 15) is 8.42 Å². The highest BCUT2D eigenvalue weighted by molar-refractivity contribution is 14.0. The number of halogens is 1. The van der Waals surface area contributed by atoms with Crippen LogP contribution in [-0.4, -0.2) is 38.3 Å². The fourth-order valence-electron chi connectivity index (χ4n) is 2.67. The number of piperidine rings is 1. The average Bonchev–Trinajstić information content (AvgIpc) is 2.59. The Balaban J connectivity index is 0.00000312. The summed E-state index contributed by atoms with van der Waals surface area (Å²) in [6, 6.07) is 7.05. The van der Waals surface area contributed by atoms with Crippen molar-refractivity contribution >= 4 is 40.0 Å². The zero-order valence-corrected chi connectivity index (χ0v) is 18.1. The standard InChI is InChI=1S/C17H28N4O2S.HI/c1-14(2)12-19-17(18)20-13-15-8-4-5-9-16(15)24(22,23)21-10-6-3-7-11-21;/h4-5,8-9,14H,3,6-7,10-13H2,1-2H3,(H3,18,19,20);1H. The van der Waals surface area contributed by atoms with Crippen LogP contribution in [0.25, 0.3) is 0 Å². The number of hydrogen-bond acceptors (Lipinski definition) is 3. The van der Waals surface area contributed by atoms with Gasteiger partial charge in [-0.2, -0.15) is 4.31 Å². The van der Waals surface area contributed by atoms with Gasteiger partial charge in [0.1, 0.15) is 0 Å². The molecule has 1 fully saturated rings. The first kappa shape index (κ1) is 22.2. The lowest BCUT2D eigenvalue weighted by molar-refractivity contribution is 0.346. The number of nitrogens with two attached hydrogens (primary N) is 1. The average molecular weight is 480 g/mol. The SMILES string of the molecule is CC(C)CNC(N)=NCc1ccccc1S(=O)(=O)N1CCCCC1.I. The lowest BCUT2D eigenvalue weighted by Crippen LogP contribution is -2.36. The quantitative estimate of drug-likeness (QED) is 0.372. The maximum absolute atomic E-state index is 12.9. The van der Waals surface area contributed by atoms with E-state index in [1.807, 2.05) is 6.07 Å². The van der Waals surface area contributed by atoms with Gasteiger partial charge in [-0.05, 0) is 30.4 Å². The molecule has 0 bridgehead atoms. The van der Waals surface area contributed by atoms with Gasteiger partial charge in [-0.1, -0.05) is 38.5 Å². The van der Waals surface area contributed by atoms with Crippen molar-refractivity contribution in [3.05, 3.63) is 29.8 Å². The minimum absolute atomic E-state index is 0. The van der Waals surface area contributed by atoms with Crippen molar-refractivity contribution in [3.63, 3.8) is 0 Å². The summed E-state index contributed by atoms with van der Waals surface area (Å²) in [6.07, 6.45) is 2.94. The number of nitrogens with one attached hydrogen (secondary N) is 1. The van der Waals surface area contributed by atoms with E-state index in [2.05, 4.69) is 24.2 Å². The van der Waals surface area contributed by atoms with Gasteiger partial charge >= 0.3 is 0 Å². The fourth-order valence-corrected chi connectivity index (χ4v) is 4.40.